The Morgan fingerprint density at radius 1 is 1.12 bits per heavy atom. The lowest BCUT2D eigenvalue weighted by molar-refractivity contribution is 0.0962. The Balaban J connectivity index is 1.69. The highest BCUT2D eigenvalue weighted by Gasteiger charge is 2.15. The first-order chi connectivity index (χ1) is 15.5. The number of amides is 1. The summed E-state index contributed by atoms with van der Waals surface area (Å²) in [7, 11) is 3.20. The molecule has 3 aromatic rings. The largest absolute Gasteiger partial charge is 0.496 e. The predicted octanol–water partition coefficient (Wildman–Crippen LogP) is 3.17. The molecule has 0 aliphatic heterocycles. The van der Waals surface area contributed by atoms with Gasteiger partial charge < -0.3 is 20.7 Å². The van der Waals surface area contributed by atoms with Crippen LogP contribution in [0.1, 0.15) is 28.8 Å². The number of nitrogens with one attached hydrogen (secondary N) is 3. The maximum absolute atomic E-state index is 11.9. The van der Waals surface area contributed by atoms with Crippen molar-refractivity contribution in [1.82, 2.24) is 20.3 Å². The van der Waals surface area contributed by atoms with Gasteiger partial charge in [0.05, 0.1) is 19.3 Å². The van der Waals surface area contributed by atoms with Gasteiger partial charge in [-0.2, -0.15) is 0 Å². The number of anilines is 2. The van der Waals surface area contributed by atoms with Gasteiger partial charge >= 0.3 is 0 Å². The number of methoxy groups -OCH3 is 1. The molecule has 8 nitrogen and oxygen atoms in total. The number of carbonyl (C=O) groups excluding carboxylic acids is 1. The minimum Gasteiger partial charge on any atom is -0.496 e. The van der Waals surface area contributed by atoms with Gasteiger partial charge in [0.1, 0.15) is 23.7 Å². The van der Waals surface area contributed by atoms with Crippen LogP contribution in [0.3, 0.4) is 0 Å². The zero-order valence-electron chi connectivity index (χ0n) is 18.3. The lowest BCUT2D eigenvalue weighted by atomic mass is 9.98. The highest BCUT2D eigenvalue weighted by Crippen LogP contribution is 2.28. The molecule has 164 valence electrons. The first kappa shape index (κ1) is 22.6. The SMILES string of the molecule is C#CCNc1ccc(-c2cc(NC[C@@H](C)c3ccc(C(=O)NC)cc3OC)ncn2)cn1. The number of hydrogen-bond acceptors (Lipinski definition) is 7. The Morgan fingerprint density at radius 2 is 1.97 bits per heavy atom. The number of pyridine rings is 1. The Hall–Kier alpha value is -4.12. The van der Waals surface area contributed by atoms with E-state index in [0.717, 1.165) is 16.8 Å². The minimum atomic E-state index is -0.150. The van der Waals surface area contributed by atoms with Crippen LogP contribution in [0.4, 0.5) is 11.6 Å². The highest BCUT2D eigenvalue weighted by molar-refractivity contribution is 5.94. The molecule has 32 heavy (non-hydrogen) atoms. The third-order valence-electron chi connectivity index (χ3n) is 4.94. The fraction of sp³-hybridized carbons (Fsp3) is 0.250. The zero-order chi connectivity index (χ0) is 22.9. The summed E-state index contributed by atoms with van der Waals surface area (Å²) in [5, 5.41) is 9.00. The van der Waals surface area contributed by atoms with Gasteiger partial charge in [-0.05, 0) is 29.8 Å². The molecule has 0 fully saturated rings. The molecule has 3 N–H and O–H groups in total. The van der Waals surface area contributed by atoms with Crippen molar-refractivity contribution < 1.29 is 9.53 Å². The fourth-order valence-electron chi connectivity index (χ4n) is 3.17. The van der Waals surface area contributed by atoms with Gasteiger partial charge in [-0.1, -0.05) is 18.9 Å². The molecular weight excluding hydrogens is 404 g/mol. The standard InChI is InChI=1S/C24H26N6O2/c1-5-10-26-22-9-7-18(14-28-22)20-12-23(30-15-29-20)27-13-16(2)19-8-6-17(24(31)25-3)11-21(19)32-4/h1,6-9,11-12,14-16H,10,13H2,2-4H3,(H,25,31)(H,26,28)(H,27,29,30)/t16-/m1/s1. The van der Waals surface area contributed by atoms with E-state index in [1.165, 1.54) is 6.33 Å². The smallest absolute Gasteiger partial charge is 0.251 e. The first-order valence-corrected chi connectivity index (χ1v) is 10.2. The van der Waals surface area contributed by atoms with Gasteiger partial charge in [0.15, 0.2) is 0 Å². The molecule has 1 atom stereocenters. The van der Waals surface area contributed by atoms with Crippen LogP contribution in [0.25, 0.3) is 11.3 Å². The Labute approximate surface area is 187 Å². The number of aromatic nitrogens is 3. The molecule has 1 amide bonds. The van der Waals surface area contributed by atoms with Crippen LogP contribution in [0, 0.1) is 12.3 Å². The van der Waals surface area contributed by atoms with E-state index < -0.39 is 0 Å². The van der Waals surface area contributed by atoms with Crippen molar-refractivity contribution in [2.45, 2.75) is 12.8 Å². The number of ether oxygens (including phenoxy) is 1. The Kier molecular flexibility index (Phi) is 7.60. The van der Waals surface area contributed by atoms with Crippen molar-refractivity contribution in [2.75, 3.05) is 37.9 Å². The molecule has 0 bridgehead atoms. The number of terminal acetylenes is 1. The monoisotopic (exact) mass is 430 g/mol. The molecule has 2 aromatic heterocycles. The normalized spacial score (nSPS) is 11.2. The molecule has 0 radical (unpaired) electrons. The summed E-state index contributed by atoms with van der Waals surface area (Å²) in [6.45, 7) is 3.13. The number of nitrogens with zero attached hydrogens (tertiary/aromatic N) is 3. The average molecular weight is 431 g/mol. The number of carbonyl (C=O) groups is 1. The topological polar surface area (TPSA) is 101 Å². The summed E-state index contributed by atoms with van der Waals surface area (Å²) in [4.78, 5) is 24.9. The maximum Gasteiger partial charge on any atom is 0.251 e. The summed E-state index contributed by atoms with van der Waals surface area (Å²) in [6, 6.07) is 11.1. The molecule has 0 saturated heterocycles. The van der Waals surface area contributed by atoms with Gasteiger partial charge in [0.2, 0.25) is 0 Å². The molecule has 0 aliphatic carbocycles. The lowest BCUT2D eigenvalue weighted by Crippen LogP contribution is -2.18. The summed E-state index contributed by atoms with van der Waals surface area (Å²) in [5.74, 6) is 4.58. The third-order valence-corrected chi connectivity index (χ3v) is 4.94. The summed E-state index contributed by atoms with van der Waals surface area (Å²) in [6.07, 6.45) is 8.52. The zero-order valence-corrected chi connectivity index (χ0v) is 18.3. The van der Waals surface area contributed by atoms with E-state index in [1.807, 2.05) is 24.3 Å². The third kappa shape index (κ3) is 5.52. The fourth-order valence-corrected chi connectivity index (χ4v) is 3.17. The van der Waals surface area contributed by atoms with Crippen molar-refractivity contribution >= 4 is 17.5 Å². The molecule has 0 saturated carbocycles. The predicted molar refractivity (Wildman–Crippen MR) is 126 cm³/mol. The van der Waals surface area contributed by atoms with Gasteiger partial charge in [-0.15, -0.1) is 6.42 Å². The van der Waals surface area contributed by atoms with Crippen molar-refractivity contribution in [2.24, 2.45) is 0 Å². The molecule has 3 rings (SSSR count). The van der Waals surface area contributed by atoms with Crippen LogP contribution in [-0.4, -0.2) is 48.1 Å². The quantitative estimate of drug-likeness (QED) is 0.448. The van der Waals surface area contributed by atoms with Crippen molar-refractivity contribution in [3.05, 3.63) is 60.0 Å². The van der Waals surface area contributed by atoms with Crippen LogP contribution < -0.4 is 20.7 Å². The second kappa shape index (κ2) is 10.8. The Morgan fingerprint density at radius 3 is 2.66 bits per heavy atom. The molecule has 1 aromatic carbocycles. The van der Waals surface area contributed by atoms with E-state index >= 15 is 0 Å². The van der Waals surface area contributed by atoms with E-state index in [2.05, 4.69) is 43.7 Å². The van der Waals surface area contributed by atoms with E-state index in [-0.39, 0.29) is 11.8 Å². The van der Waals surface area contributed by atoms with Crippen LogP contribution >= 0.6 is 0 Å². The van der Waals surface area contributed by atoms with E-state index in [9.17, 15) is 4.79 Å². The molecule has 8 heteroatoms. The highest BCUT2D eigenvalue weighted by atomic mass is 16.5. The first-order valence-electron chi connectivity index (χ1n) is 10.2. The van der Waals surface area contributed by atoms with Crippen molar-refractivity contribution in [1.29, 1.82) is 0 Å². The van der Waals surface area contributed by atoms with Gasteiger partial charge in [-0.3, -0.25) is 4.79 Å². The maximum atomic E-state index is 11.9. The van der Waals surface area contributed by atoms with Crippen LogP contribution in [0.5, 0.6) is 5.75 Å². The number of hydrogen-bond donors (Lipinski definition) is 3. The second-order valence-corrected chi connectivity index (χ2v) is 7.10. The second-order valence-electron chi connectivity index (χ2n) is 7.10. The molecule has 0 aliphatic rings. The molecule has 2 heterocycles. The van der Waals surface area contributed by atoms with Crippen LogP contribution in [-0.2, 0) is 0 Å². The summed E-state index contributed by atoms with van der Waals surface area (Å²) in [5.41, 5.74) is 3.20. The van der Waals surface area contributed by atoms with Crippen LogP contribution in [0.15, 0.2) is 48.9 Å². The minimum absolute atomic E-state index is 0.116. The average Bonchev–Trinajstić information content (AvgIpc) is 2.85. The van der Waals surface area contributed by atoms with E-state index in [4.69, 9.17) is 11.2 Å². The van der Waals surface area contributed by atoms with E-state index in [0.29, 0.717) is 36.0 Å². The van der Waals surface area contributed by atoms with E-state index in [1.54, 1.807) is 32.5 Å². The van der Waals surface area contributed by atoms with Gasteiger partial charge in [0.25, 0.3) is 5.91 Å². The Bertz CT molecular complexity index is 1110. The number of benzene rings is 1. The molecule has 0 spiro atoms. The summed E-state index contributed by atoms with van der Waals surface area (Å²) < 4.78 is 5.51. The molecule has 0 unspecified atom stereocenters. The number of rotatable bonds is 9. The lowest BCUT2D eigenvalue weighted by Gasteiger charge is -2.17. The van der Waals surface area contributed by atoms with Crippen molar-refractivity contribution in [3.63, 3.8) is 0 Å². The van der Waals surface area contributed by atoms with Crippen molar-refractivity contribution in [3.8, 4) is 29.4 Å². The van der Waals surface area contributed by atoms with Gasteiger partial charge in [-0.25, -0.2) is 15.0 Å². The molecular formula is C24H26N6O2. The van der Waals surface area contributed by atoms with Crippen LogP contribution in [0.2, 0.25) is 0 Å². The summed E-state index contributed by atoms with van der Waals surface area (Å²) >= 11 is 0. The van der Waals surface area contributed by atoms with Gasteiger partial charge in [0, 0.05) is 42.9 Å².